The topological polar surface area (TPSA) is 139 Å². The number of aryl methyl sites for hydroxylation is 1. The minimum Gasteiger partial charge on any atom is -0.370 e. The van der Waals surface area contributed by atoms with Crippen molar-refractivity contribution in [3.8, 4) is 23.2 Å². The molecule has 1 aliphatic carbocycles. The number of hydrogen-bond donors (Lipinski definition) is 2. The second-order valence-corrected chi connectivity index (χ2v) is 14.2. The summed E-state index contributed by atoms with van der Waals surface area (Å²) < 4.78 is 40.9. The maximum absolute atomic E-state index is 12.7. The average molecular weight is 662 g/mol. The number of pyridine rings is 1. The Hall–Kier alpha value is -4.39. The maximum Gasteiger partial charge on any atom is 0.256 e. The van der Waals surface area contributed by atoms with Crippen molar-refractivity contribution in [2.75, 3.05) is 57.2 Å². The third-order valence-electron chi connectivity index (χ3n) is 8.15. The lowest BCUT2D eigenvalue weighted by Crippen LogP contribution is -2.43. The lowest BCUT2D eigenvalue weighted by molar-refractivity contribution is 0.380. The van der Waals surface area contributed by atoms with Gasteiger partial charge in [-0.05, 0) is 58.8 Å². The number of alkyl halides is 1. The zero-order chi connectivity index (χ0) is 32.8. The summed E-state index contributed by atoms with van der Waals surface area (Å²) in [7, 11) is 0.631. The molecule has 6 rings (SSSR count). The molecule has 248 valence electrons. The molecule has 47 heavy (non-hydrogen) atoms. The number of aromatic nitrogens is 7. The standard InChI is InChI=1S/C32H40FN11O2S/c1-41(2)14-3-15-43-22-24(19-37-43)4-5-25-20-36-31(18-29(25)42-16-9-27(10-17-42)34-13-11-33)39-30-8-12-35-32(40-30)26-21-38-44(23-26)47(45,46)28-6-7-28/h8,12,18-23,27-28,34H,3,6-7,9-11,13-17H2,1-2H3,(H,35,36,39,40). The lowest BCUT2D eigenvalue weighted by Gasteiger charge is -2.34. The molecule has 13 nitrogen and oxygen atoms in total. The Morgan fingerprint density at radius 3 is 2.62 bits per heavy atom. The Balaban J connectivity index is 1.21. The van der Waals surface area contributed by atoms with Crippen molar-refractivity contribution in [3.63, 3.8) is 0 Å². The number of piperidine rings is 1. The van der Waals surface area contributed by atoms with Gasteiger partial charge in [-0.3, -0.25) is 4.68 Å². The predicted molar refractivity (Wildman–Crippen MR) is 179 cm³/mol. The molecule has 0 radical (unpaired) electrons. The normalized spacial score (nSPS) is 15.5. The molecule has 1 saturated carbocycles. The van der Waals surface area contributed by atoms with Gasteiger partial charge in [0, 0.05) is 56.9 Å². The molecule has 0 aromatic carbocycles. The molecule has 2 aliphatic rings. The fourth-order valence-corrected chi connectivity index (χ4v) is 6.95. The number of nitrogens with one attached hydrogen (secondary N) is 2. The van der Waals surface area contributed by atoms with Crippen LogP contribution in [0.15, 0.2) is 49.3 Å². The first-order valence-corrected chi connectivity index (χ1v) is 17.4. The van der Waals surface area contributed by atoms with E-state index in [1.165, 1.54) is 12.4 Å². The van der Waals surface area contributed by atoms with Gasteiger partial charge in [0.05, 0.1) is 46.2 Å². The highest BCUT2D eigenvalue weighted by molar-refractivity contribution is 7.90. The van der Waals surface area contributed by atoms with Crippen LogP contribution in [0.1, 0.15) is 43.2 Å². The third-order valence-corrected chi connectivity index (χ3v) is 10.2. The van der Waals surface area contributed by atoms with E-state index in [1.807, 2.05) is 16.9 Å². The van der Waals surface area contributed by atoms with Crippen LogP contribution in [0.2, 0.25) is 0 Å². The molecule has 4 aromatic heterocycles. The molecule has 15 heteroatoms. The van der Waals surface area contributed by atoms with Gasteiger partial charge in [-0.15, -0.1) is 0 Å². The van der Waals surface area contributed by atoms with Crippen molar-refractivity contribution in [1.82, 2.24) is 44.1 Å². The zero-order valence-corrected chi connectivity index (χ0v) is 27.5. The summed E-state index contributed by atoms with van der Waals surface area (Å²) in [5.41, 5.74) is 3.07. The molecule has 2 N–H and O–H groups in total. The van der Waals surface area contributed by atoms with Gasteiger partial charge in [-0.1, -0.05) is 11.8 Å². The van der Waals surface area contributed by atoms with Crippen LogP contribution in [0, 0.1) is 11.8 Å². The molecule has 4 aromatic rings. The summed E-state index contributed by atoms with van der Waals surface area (Å²) >= 11 is 0. The minimum absolute atomic E-state index is 0.275. The van der Waals surface area contributed by atoms with Crippen LogP contribution in [-0.2, 0) is 16.6 Å². The van der Waals surface area contributed by atoms with E-state index in [-0.39, 0.29) is 18.0 Å². The van der Waals surface area contributed by atoms with Gasteiger partial charge >= 0.3 is 0 Å². The van der Waals surface area contributed by atoms with E-state index >= 15 is 0 Å². The van der Waals surface area contributed by atoms with Crippen molar-refractivity contribution in [1.29, 1.82) is 0 Å². The SMILES string of the molecule is CN(C)CCCn1cc(C#Cc2cnc(Nc3ccnc(-c4cnn(S(=O)(=O)C5CC5)c4)n3)cc2N2CCC(NCCF)CC2)cn1. The van der Waals surface area contributed by atoms with E-state index in [0.717, 1.165) is 66.3 Å². The summed E-state index contributed by atoms with van der Waals surface area (Å²) in [6.45, 7) is 3.38. The predicted octanol–water partition coefficient (Wildman–Crippen LogP) is 2.89. The van der Waals surface area contributed by atoms with E-state index in [4.69, 9.17) is 0 Å². The number of hydrogen-bond acceptors (Lipinski definition) is 11. The van der Waals surface area contributed by atoms with E-state index < -0.39 is 10.0 Å². The molecular weight excluding hydrogens is 621 g/mol. The zero-order valence-electron chi connectivity index (χ0n) is 26.7. The van der Waals surface area contributed by atoms with Crippen LogP contribution >= 0.6 is 0 Å². The van der Waals surface area contributed by atoms with Crippen molar-refractivity contribution >= 4 is 27.3 Å². The average Bonchev–Trinajstić information content (AvgIpc) is 3.65. The van der Waals surface area contributed by atoms with Gasteiger partial charge in [0.15, 0.2) is 5.82 Å². The number of halogens is 1. The second-order valence-electron chi connectivity index (χ2n) is 12.1. The molecular formula is C32H40FN11O2S. The number of rotatable bonds is 13. The van der Waals surface area contributed by atoms with Crippen LogP contribution in [0.4, 0.5) is 21.7 Å². The first-order chi connectivity index (χ1) is 22.8. The van der Waals surface area contributed by atoms with Gasteiger partial charge in [0.2, 0.25) is 0 Å². The quantitative estimate of drug-likeness (QED) is 0.205. The highest BCUT2D eigenvalue weighted by Gasteiger charge is 2.37. The van der Waals surface area contributed by atoms with Crippen LogP contribution in [0.5, 0.6) is 0 Å². The lowest BCUT2D eigenvalue weighted by atomic mass is 10.0. The monoisotopic (exact) mass is 661 g/mol. The van der Waals surface area contributed by atoms with Crippen molar-refractivity contribution in [3.05, 3.63) is 60.4 Å². The third kappa shape index (κ3) is 8.31. The summed E-state index contributed by atoms with van der Waals surface area (Å²) in [4.78, 5) is 18.0. The van der Waals surface area contributed by atoms with E-state index in [1.54, 1.807) is 24.7 Å². The van der Waals surface area contributed by atoms with Gasteiger partial charge in [0.25, 0.3) is 10.0 Å². The molecule has 0 unspecified atom stereocenters. The Morgan fingerprint density at radius 1 is 1.02 bits per heavy atom. The Labute approximate surface area is 274 Å². The number of nitrogens with zero attached hydrogens (tertiary/aromatic N) is 9. The van der Waals surface area contributed by atoms with Crippen LogP contribution in [-0.4, -0.2) is 105 Å². The Morgan fingerprint density at radius 2 is 1.85 bits per heavy atom. The highest BCUT2D eigenvalue weighted by Crippen LogP contribution is 2.31. The Bertz CT molecular complexity index is 1830. The summed E-state index contributed by atoms with van der Waals surface area (Å²) in [5.74, 6) is 8.00. The fourth-order valence-electron chi connectivity index (χ4n) is 5.47. The van der Waals surface area contributed by atoms with Gasteiger partial charge in [-0.2, -0.15) is 14.3 Å². The molecule has 0 bridgehead atoms. The van der Waals surface area contributed by atoms with Crippen LogP contribution in [0.3, 0.4) is 0 Å². The summed E-state index contributed by atoms with van der Waals surface area (Å²) in [5, 5.41) is 14.7. The smallest absolute Gasteiger partial charge is 0.256 e. The number of anilines is 3. The summed E-state index contributed by atoms with van der Waals surface area (Å²) in [6.07, 6.45) is 14.1. The summed E-state index contributed by atoms with van der Waals surface area (Å²) in [6, 6.07) is 3.96. The van der Waals surface area contributed by atoms with E-state index in [0.29, 0.717) is 42.4 Å². The van der Waals surface area contributed by atoms with Crippen molar-refractivity contribution in [2.45, 2.75) is 49.9 Å². The molecule has 0 amide bonds. The van der Waals surface area contributed by atoms with Crippen LogP contribution < -0.4 is 15.5 Å². The first-order valence-electron chi connectivity index (χ1n) is 15.9. The van der Waals surface area contributed by atoms with Crippen molar-refractivity contribution in [2.24, 2.45) is 0 Å². The first kappa shape index (κ1) is 32.5. The highest BCUT2D eigenvalue weighted by atomic mass is 32.2. The largest absolute Gasteiger partial charge is 0.370 e. The van der Waals surface area contributed by atoms with Crippen molar-refractivity contribution < 1.29 is 12.8 Å². The van der Waals surface area contributed by atoms with Crippen LogP contribution in [0.25, 0.3) is 11.4 Å². The molecule has 2 fully saturated rings. The fraction of sp³-hybridized carbons (Fsp3) is 0.469. The molecule has 0 spiro atoms. The molecule has 0 atom stereocenters. The maximum atomic E-state index is 12.7. The van der Waals surface area contributed by atoms with E-state index in [9.17, 15) is 12.8 Å². The second kappa shape index (κ2) is 14.6. The molecule has 1 saturated heterocycles. The molecule has 5 heterocycles. The Kier molecular flexibility index (Phi) is 10.1. The van der Waals surface area contributed by atoms with Gasteiger partial charge in [-0.25, -0.2) is 27.8 Å². The van der Waals surface area contributed by atoms with Gasteiger partial charge < -0.3 is 20.4 Å². The van der Waals surface area contributed by atoms with Gasteiger partial charge in [0.1, 0.15) is 18.3 Å². The minimum atomic E-state index is -3.49. The molecule has 1 aliphatic heterocycles. The van der Waals surface area contributed by atoms with E-state index in [2.05, 4.69) is 71.5 Å².